The Balaban J connectivity index is 2.92. The Kier molecular flexibility index (Phi) is 3.25. The fourth-order valence-electron chi connectivity index (χ4n) is 1.72. The molecule has 0 saturated heterocycles. The Morgan fingerprint density at radius 2 is 2.00 bits per heavy atom. The molecule has 84 valence electrons. The van der Waals surface area contributed by atoms with E-state index >= 15 is 0 Å². The average molecular weight is 208 g/mol. The molecule has 0 unspecified atom stereocenters. The largest absolute Gasteiger partial charge is 0.398 e. The number of rotatable bonds is 3. The van der Waals surface area contributed by atoms with E-state index in [1.54, 1.807) is 13.8 Å². The lowest BCUT2D eigenvalue weighted by molar-refractivity contribution is 0.0886. The van der Waals surface area contributed by atoms with Gasteiger partial charge in [-0.25, -0.2) is 0 Å². The molecule has 15 heavy (non-hydrogen) atoms. The van der Waals surface area contributed by atoms with Crippen LogP contribution < -0.4 is 10.6 Å². The van der Waals surface area contributed by atoms with Crippen molar-refractivity contribution in [1.82, 2.24) is 0 Å². The molecule has 3 N–H and O–H groups in total. The summed E-state index contributed by atoms with van der Waals surface area (Å²) in [5, 5.41) is 9.74. The van der Waals surface area contributed by atoms with E-state index in [1.165, 1.54) is 0 Å². The third kappa shape index (κ3) is 3.13. The number of aliphatic hydroxyl groups is 1. The molecule has 0 aliphatic heterocycles. The van der Waals surface area contributed by atoms with Crippen LogP contribution in [0.4, 0.5) is 11.4 Å². The number of benzene rings is 1. The summed E-state index contributed by atoms with van der Waals surface area (Å²) in [6.45, 7) is 6.17. The predicted octanol–water partition coefficient (Wildman–Crippen LogP) is 1.78. The van der Waals surface area contributed by atoms with Crippen molar-refractivity contribution in [2.75, 3.05) is 24.2 Å². The van der Waals surface area contributed by atoms with Crippen molar-refractivity contribution in [2.24, 2.45) is 0 Å². The van der Waals surface area contributed by atoms with Gasteiger partial charge in [-0.1, -0.05) is 6.07 Å². The van der Waals surface area contributed by atoms with E-state index in [4.69, 9.17) is 5.73 Å². The summed E-state index contributed by atoms with van der Waals surface area (Å²) in [6.07, 6.45) is 0. The van der Waals surface area contributed by atoms with Gasteiger partial charge in [0.1, 0.15) is 0 Å². The molecule has 0 fully saturated rings. The second kappa shape index (κ2) is 4.11. The van der Waals surface area contributed by atoms with E-state index in [-0.39, 0.29) is 0 Å². The highest BCUT2D eigenvalue weighted by Crippen LogP contribution is 2.24. The number of hydrogen-bond donors (Lipinski definition) is 2. The van der Waals surface area contributed by atoms with E-state index in [0.29, 0.717) is 6.54 Å². The second-order valence-electron chi connectivity index (χ2n) is 4.66. The molecule has 1 aromatic rings. The molecule has 0 spiro atoms. The summed E-state index contributed by atoms with van der Waals surface area (Å²) in [7, 11) is 1.96. The van der Waals surface area contributed by atoms with Gasteiger partial charge in [-0.2, -0.15) is 0 Å². The zero-order valence-corrected chi connectivity index (χ0v) is 9.91. The normalized spacial score (nSPS) is 11.5. The highest BCUT2D eigenvalue weighted by atomic mass is 16.3. The number of nitrogen functional groups attached to an aromatic ring is 1. The summed E-state index contributed by atoms with van der Waals surface area (Å²) in [5.41, 5.74) is 8.04. The SMILES string of the molecule is Cc1c(N)cccc1N(C)CC(C)(C)O. The van der Waals surface area contributed by atoms with Gasteiger partial charge in [0.2, 0.25) is 0 Å². The maximum absolute atomic E-state index is 9.74. The van der Waals surface area contributed by atoms with Crippen LogP contribution in [0, 0.1) is 6.92 Å². The fourth-order valence-corrected chi connectivity index (χ4v) is 1.72. The van der Waals surface area contributed by atoms with Crippen LogP contribution in [0.25, 0.3) is 0 Å². The number of anilines is 2. The van der Waals surface area contributed by atoms with Crippen LogP contribution in [-0.2, 0) is 0 Å². The topological polar surface area (TPSA) is 49.5 Å². The number of likely N-dealkylation sites (N-methyl/N-ethyl adjacent to an activating group) is 1. The van der Waals surface area contributed by atoms with Gasteiger partial charge in [-0.3, -0.25) is 0 Å². The molecular weight excluding hydrogens is 188 g/mol. The summed E-state index contributed by atoms with van der Waals surface area (Å²) in [4.78, 5) is 2.02. The quantitative estimate of drug-likeness (QED) is 0.744. The predicted molar refractivity (Wildman–Crippen MR) is 65.2 cm³/mol. The summed E-state index contributed by atoms with van der Waals surface area (Å²) >= 11 is 0. The van der Waals surface area contributed by atoms with E-state index in [9.17, 15) is 5.11 Å². The van der Waals surface area contributed by atoms with Crippen LogP contribution in [0.5, 0.6) is 0 Å². The molecule has 0 atom stereocenters. The first-order chi connectivity index (χ1) is 6.81. The monoisotopic (exact) mass is 208 g/mol. The van der Waals surface area contributed by atoms with Crippen LogP contribution in [-0.4, -0.2) is 24.3 Å². The minimum Gasteiger partial charge on any atom is -0.398 e. The summed E-state index contributed by atoms with van der Waals surface area (Å²) in [6, 6.07) is 5.83. The van der Waals surface area contributed by atoms with E-state index in [1.807, 2.05) is 37.1 Å². The first-order valence-corrected chi connectivity index (χ1v) is 5.10. The van der Waals surface area contributed by atoms with Crippen molar-refractivity contribution < 1.29 is 5.11 Å². The van der Waals surface area contributed by atoms with Crippen molar-refractivity contribution in [2.45, 2.75) is 26.4 Å². The standard InChI is InChI=1S/C12H20N2O/c1-9-10(13)6-5-7-11(9)14(4)8-12(2,3)15/h5-7,15H,8,13H2,1-4H3. The van der Waals surface area contributed by atoms with Gasteiger partial charge in [0.25, 0.3) is 0 Å². The molecule has 3 heteroatoms. The van der Waals surface area contributed by atoms with Crippen LogP contribution in [0.1, 0.15) is 19.4 Å². The molecule has 0 amide bonds. The number of hydrogen-bond acceptors (Lipinski definition) is 3. The summed E-state index contributed by atoms with van der Waals surface area (Å²) < 4.78 is 0. The Morgan fingerprint density at radius 1 is 1.40 bits per heavy atom. The van der Waals surface area contributed by atoms with Crippen molar-refractivity contribution in [3.8, 4) is 0 Å². The molecular formula is C12H20N2O. The second-order valence-corrected chi connectivity index (χ2v) is 4.66. The van der Waals surface area contributed by atoms with E-state index in [0.717, 1.165) is 16.9 Å². The van der Waals surface area contributed by atoms with Crippen LogP contribution >= 0.6 is 0 Å². The molecule has 0 saturated carbocycles. The van der Waals surface area contributed by atoms with Crippen molar-refractivity contribution in [3.05, 3.63) is 23.8 Å². The summed E-state index contributed by atoms with van der Waals surface area (Å²) in [5.74, 6) is 0. The molecule has 0 aliphatic carbocycles. The van der Waals surface area contributed by atoms with Gasteiger partial charge in [0.05, 0.1) is 5.60 Å². The molecule has 0 aromatic heterocycles. The van der Waals surface area contributed by atoms with Gasteiger partial charge in [-0.15, -0.1) is 0 Å². The molecule has 3 nitrogen and oxygen atoms in total. The van der Waals surface area contributed by atoms with Crippen molar-refractivity contribution in [3.63, 3.8) is 0 Å². The van der Waals surface area contributed by atoms with Crippen LogP contribution in [0.2, 0.25) is 0 Å². The first-order valence-electron chi connectivity index (χ1n) is 5.10. The van der Waals surface area contributed by atoms with E-state index in [2.05, 4.69) is 0 Å². The lowest BCUT2D eigenvalue weighted by Crippen LogP contribution is -2.36. The van der Waals surface area contributed by atoms with Crippen molar-refractivity contribution >= 4 is 11.4 Å². The lowest BCUT2D eigenvalue weighted by atomic mass is 10.1. The Morgan fingerprint density at radius 3 is 2.53 bits per heavy atom. The first kappa shape index (κ1) is 11.9. The van der Waals surface area contributed by atoms with Crippen molar-refractivity contribution in [1.29, 1.82) is 0 Å². The van der Waals surface area contributed by atoms with Gasteiger partial charge in [-0.05, 0) is 38.5 Å². The minimum absolute atomic E-state index is 0.581. The zero-order valence-electron chi connectivity index (χ0n) is 9.91. The Bertz CT molecular complexity index is 342. The third-order valence-corrected chi connectivity index (χ3v) is 2.38. The highest BCUT2D eigenvalue weighted by Gasteiger charge is 2.17. The molecule has 1 aromatic carbocycles. The van der Waals surface area contributed by atoms with Gasteiger partial charge < -0.3 is 15.7 Å². The highest BCUT2D eigenvalue weighted by molar-refractivity contribution is 5.63. The van der Waals surface area contributed by atoms with Crippen LogP contribution in [0.15, 0.2) is 18.2 Å². The fraction of sp³-hybridized carbons (Fsp3) is 0.500. The maximum Gasteiger partial charge on any atom is 0.0765 e. The molecule has 0 heterocycles. The molecule has 0 bridgehead atoms. The smallest absolute Gasteiger partial charge is 0.0765 e. The van der Waals surface area contributed by atoms with Crippen LogP contribution in [0.3, 0.4) is 0 Å². The number of nitrogens with zero attached hydrogens (tertiary/aromatic N) is 1. The maximum atomic E-state index is 9.74. The zero-order chi connectivity index (χ0) is 11.6. The average Bonchev–Trinajstić information content (AvgIpc) is 2.06. The molecule has 1 rings (SSSR count). The third-order valence-electron chi connectivity index (χ3n) is 2.38. The Hall–Kier alpha value is -1.22. The Labute approximate surface area is 91.5 Å². The minimum atomic E-state index is -0.703. The van der Waals surface area contributed by atoms with Gasteiger partial charge in [0, 0.05) is 25.0 Å². The number of nitrogens with two attached hydrogens (primary N) is 1. The van der Waals surface area contributed by atoms with Gasteiger partial charge >= 0.3 is 0 Å². The lowest BCUT2D eigenvalue weighted by Gasteiger charge is -2.28. The molecule has 0 radical (unpaired) electrons. The molecule has 0 aliphatic rings. The van der Waals surface area contributed by atoms with Gasteiger partial charge in [0.15, 0.2) is 0 Å². The van der Waals surface area contributed by atoms with E-state index < -0.39 is 5.60 Å².